The van der Waals surface area contributed by atoms with Crippen molar-refractivity contribution >= 4 is 17.6 Å². The molecular weight excluding hydrogens is 452 g/mol. The van der Waals surface area contributed by atoms with E-state index in [-0.39, 0.29) is 0 Å². The summed E-state index contributed by atoms with van der Waals surface area (Å²) >= 11 is 0. The summed E-state index contributed by atoms with van der Waals surface area (Å²) in [7, 11) is 0. The van der Waals surface area contributed by atoms with Crippen LogP contribution in [0.1, 0.15) is 22.8 Å². The van der Waals surface area contributed by atoms with E-state index >= 15 is 0 Å². The monoisotopic (exact) mass is 480 g/mol. The summed E-state index contributed by atoms with van der Waals surface area (Å²) < 4.78 is 5.30. The van der Waals surface area contributed by atoms with E-state index in [2.05, 4.69) is 24.8 Å². The predicted molar refractivity (Wildman–Crippen MR) is 140 cm³/mol. The predicted octanol–water partition coefficient (Wildman–Crippen LogP) is 4.41. The number of hydrogen-bond donors (Lipinski definition) is 0. The van der Waals surface area contributed by atoms with Gasteiger partial charge in [0.15, 0.2) is 5.82 Å². The van der Waals surface area contributed by atoms with Crippen molar-refractivity contribution in [1.29, 1.82) is 0 Å². The van der Waals surface area contributed by atoms with Gasteiger partial charge in [-0.2, -0.15) is 0 Å². The molecule has 0 radical (unpaired) electrons. The van der Waals surface area contributed by atoms with Crippen LogP contribution >= 0.6 is 0 Å². The van der Waals surface area contributed by atoms with Gasteiger partial charge in [0.05, 0.1) is 12.3 Å². The summed E-state index contributed by atoms with van der Waals surface area (Å²) in [4.78, 5) is 35.3. The fraction of sp³-hybridized carbons (Fsp3) is 0.250. The SMILES string of the molecule is CCOC(=O)c1cnc(-c2cccc(C)c2)nc1N1CCN(c2cc(-c3ccccc3)ncn2)CC1. The largest absolute Gasteiger partial charge is 0.462 e. The van der Waals surface area contributed by atoms with Crippen LogP contribution < -0.4 is 9.80 Å². The third-order valence-electron chi connectivity index (χ3n) is 6.17. The molecule has 0 bridgehead atoms. The number of rotatable bonds is 6. The van der Waals surface area contributed by atoms with E-state index in [0.29, 0.717) is 36.9 Å². The highest BCUT2D eigenvalue weighted by Crippen LogP contribution is 2.26. The maximum absolute atomic E-state index is 12.7. The summed E-state index contributed by atoms with van der Waals surface area (Å²) in [6.07, 6.45) is 3.20. The molecule has 5 rings (SSSR count). The van der Waals surface area contributed by atoms with Crippen molar-refractivity contribution in [2.75, 3.05) is 42.6 Å². The van der Waals surface area contributed by atoms with E-state index in [1.807, 2.05) is 67.6 Å². The van der Waals surface area contributed by atoms with E-state index in [1.165, 1.54) is 0 Å². The first-order valence-corrected chi connectivity index (χ1v) is 12.1. The summed E-state index contributed by atoms with van der Waals surface area (Å²) in [6, 6.07) is 20.2. The summed E-state index contributed by atoms with van der Waals surface area (Å²) in [6.45, 7) is 6.96. The lowest BCUT2D eigenvalue weighted by Crippen LogP contribution is -2.47. The Morgan fingerprint density at radius 2 is 1.64 bits per heavy atom. The second-order valence-electron chi connectivity index (χ2n) is 8.62. The summed E-state index contributed by atoms with van der Waals surface area (Å²) in [5.41, 5.74) is 4.38. The van der Waals surface area contributed by atoms with Gasteiger partial charge in [0.25, 0.3) is 0 Å². The lowest BCUT2D eigenvalue weighted by molar-refractivity contribution is 0.0526. The van der Waals surface area contributed by atoms with Crippen molar-refractivity contribution in [1.82, 2.24) is 19.9 Å². The molecule has 0 aliphatic carbocycles. The van der Waals surface area contributed by atoms with Gasteiger partial charge in [0.1, 0.15) is 23.5 Å². The molecular formula is C28H28N6O2. The molecule has 8 nitrogen and oxygen atoms in total. The van der Waals surface area contributed by atoms with Crippen molar-refractivity contribution in [2.24, 2.45) is 0 Å². The van der Waals surface area contributed by atoms with Crippen molar-refractivity contribution < 1.29 is 9.53 Å². The summed E-state index contributed by atoms with van der Waals surface area (Å²) in [5.74, 6) is 1.67. The van der Waals surface area contributed by atoms with Gasteiger partial charge >= 0.3 is 5.97 Å². The van der Waals surface area contributed by atoms with Crippen LogP contribution in [0.3, 0.4) is 0 Å². The minimum atomic E-state index is -0.408. The molecule has 1 aliphatic heterocycles. The Morgan fingerprint density at radius 1 is 0.889 bits per heavy atom. The molecule has 0 spiro atoms. The zero-order valence-electron chi connectivity index (χ0n) is 20.5. The molecule has 0 saturated carbocycles. The average molecular weight is 481 g/mol. The zero-order valence-corrected chi connectivity index (χ0v) is 20.5. The highest BCUT2D eigenvalue weighted by Gasteiger charge is 2.25. The van der Waals surface area contributed by atoms with E-state index in [1.54, 1.807) is 19.4 Å². The van der Waals surface area contributed by atoms with Gasteiger partial charge in [-0.3, -0.25) is 0 Å². The smallest absolute Gasteiger partial charge is 0.343 e. The molecule has 0 amide bonds. The standard InChI is InChI=1S/C28H28N6O2/c1-3-36-28(35)23-18-29-26(22-11-7-8-20(2)16-22)32-27(23)34-14-12-33(13-15-34)25-17-24(30-19-31-25)21-9-5-4-6-10-21/h4-11,16-19H,3,12-15H2,1-2H3. The van der Waals surface area contributed by atoms with E-state index in [4.69, 9.17) is 9.72 Å². The number of aromatic nitrogens is 4. The van der Waals surface area contributed by atoms with Gasteiger partial charge in [0, 0.05) is 49.6 Å². The fourth-order valence-electron chi connectivity index (χ4n) is 4.32. The van der Waals surface area contributed by atoms with Crippen LogP contribution in [0, 0.1) is 6.92 Å². The number of anilines is 2. The minimum absolute atomic E-state index is 0.295. The molecule has 3 heterocycles. The van der Waals surface area contributed by atoms with Crippen molar-refractivity contribution in [2.45, 2.75) is 13.8 Å². The van der Waals surface area contributed by atoms with Crippen LogP contribution in [0.2, 0.25) is 0 Å². The molecule has 1 fully saturated rings. The summed E-state index contributed by atoms with van der Waals surface area (Å²) in [5, 5.41) is 0. The van der Waals surface area contributed by atoms with Crippen LogP contribution in [0.5, 0.6) is 0 Å². The van der Waals surface area contributed by atoms with Crippen molar-refractivity contribution in [3.63, 3.8) is 0 Å². The first-order chi connectivity index (χ1) is 17.6. The molecule has 182 valence electrons. The second-order valence-corrected chi connectivity index (χ2v) is 8.62. The van der Waals surface area contributed by atoms with Crippen molar-refractivity contribution in [3.05, 3.63) is 84.3 Å². The number of nitrogens with zero attached hydrogens (tertiary/aromatic N) is 6. The lowest BCUT2D eigenvalue weighted by atomic mass is 10.1. The van der Waals surface area contributed by atoms with Crippen LogP contribution in [-0.2, 0) is 4.74 Å². The Labute approximate surface area is 210 Å². The molecule has 4 aromatic rings. The number of esters is 1. The number of carbonyl (C=O) groups excluding carboxylic acids is 1. The molecule has 1 saturated heterocycles. The molecule has 0 atom stereocenters. The number of benzene rings is 2. The quantitative estimate of drug-likeness (QED) is 0.375. The third kappa shape index (κ3) is 5.02. The van der Waals surface area contributed by atoms with Gasteiger partial charge in [-0.1, -0.05) is 54.1 Å². The van der Waals surface area contributed by atoms with E-state index < -0.39 is 5.97 Å². The van der Waals surface area contributed by atoms with Gasteiger partial charge < -0.3 is 14.5 Å². The number of aryl methyl sites for hydroxylation is 1. The number of carbonyl (C=O) groups is 1. The molecule has 8 heteroatoms. The van der Waals surface area contributed by atoms with Gasteiger partial charge in [0.2, 0.25) is 0 Å². The van der Waals surface area contributed by atoms with Gasteiger partial charge in [-0.25, -0.2) is 24.7 Å². The number of piperazine rings is 1. The van der Waals surface area contributed by atoms with Crippen LogP contribution in [0.25, 0.3) is 22.6 Å². The topological polar surface area (TPSA) is 84.3 Å². The number of hydrogen-bond acceptors (Lipinski definition) is 8. The Balaban J connectivity index is 1.39. The Kier molecular flexibility index (Phi) is 6.84. The highest BCUT2D eigenvalue weighted by molar-refractivity contribution is 5.95. The van der Waals surface area contributed by atoms with E-state index in [0.717, 1.165) is 41.3 Å². The van der Waals surface area contributed by atoms with Gasteiger partial charge in [-0.15, -0.1) is 0 Å². The van der Waals surface area contributed by atoms with Crippen LogP contribution in [-0.4, -0.2) is 58.7 Å². The molecule has 0 N–H and O–H groups in total. The fourth-order valence-corrected chi connectivity index (χ4v) is 4.32. The average Bonchev–Trinajstić information content (AvgIpc) is 2.93. The highest BCUT2D eigenvalue weighted by atomic mass is 16.5. The normalized spacial score (nSPS) is 13.5. The minimum Gasteiger partial charge on any atom is -0.462 e. The maximum atomic E-state index is 12.7. The number of ether oxygens (including phenoxy) is 1. The molecule has 1 aliphatic rings. The lowest BCUT2D eigenvalue weighted by Gasteiger charge is -2.36. The van der Waals surface area contributed by atoms with Crippen LogP contribution in [0.4, 0.5) is 11.6 Å². The molecule has 2 aromatic carbocycles. The molecule has 2 aromatic heterocycles. The van der Waals surface area contributed by atoms with E-state index in [9.17, 15) is 4.79 Å². The molecule has 0 unspecified atom stereocenters. The van der Waals surface area contributed by atoms with Crippen LogP contribution in [0.15, 0.2) is 73.2 Å². The van der Waals surface area contributed by atoms with Gasteiger partial charge in [-0.05, 0) is 19.9 Å². The zero-order chi connectivity index (χ0) is 24.9. The second kappa shape index (κ2) is 10.5. The van der Waals surface area contributed by atoms with Crippen molar-refractivity contribution in [3.8, 4) is 22.6 Å². The first-order valence-electron chi connectivity index (χ1n) is 12.1. The Hall–Kier alpha value is -4.33. The molecule has 36 heavy (non-hydrogen) atoms. The first kappa shape index (κ1) is 23.4. The Bertz CT molecular complexity index is 1350. The Morgan fingerprint density at radius 3 is 2.39 bits per heavy atom. The maximum Gasteiger partial charge on any atom is 0.343 e. The third-order valence-corrected chi connectivity index (χ3v) is 6.17.